The van der Waals surface area contributed by atoms with E-state index < -0.39 is 0 Å². The van der Waals surface area contributed by atoms with E-state index in [-0.39, 0.29) is 18.0 Å². The third-order valence-electron chi connectivity index (χ3n) is 2.95. The van der Waals surface area contributed by atoms with Gasteiger partial charge in [-0.2, -0.15) is 0 Å². The first-order valence-corrected chi connectivity index (χ1v) is 5.50. The summed E-state index contributed by atoms with van der Waals surface area (Å²) in [6, 6.07) is 5.80. The van der Waals surface area contributed by atoms with Gasteiger partial charge < -0.3 is 16.0 Å². The number of carbonyl (C=O) groups is 1. The van der Waals surface area contributed by atoms with Crippen LogP contribution < -0.4 is 16.0 Å². The number of hydrogen-bond donors (Lipinski definition) is 2. The number of nitrogens with zero attached hydrogens (tertiary/aromatic N) is 1. The van der Waals surface area contributed by atoms with E-state index in [1.54, 1.807) is 6.07 Å². The maximum absolute atomic E-state index is 11.8. The molecule has 4 heteroatoms. The summed E-state index contributed by atoms with van der Waals surface area (Å²) in [5.74, 6) is -0.000833. The van der Waals surface area contributed by atoms with Crippen LogP contribution in [0, 0.1) is 0 Å². The lowest BCUT2D eigenvalue weighted by atomic mass is 10.1. The minimum absolute atomic E-state index is 0.000833. The molecule has 1 amide bonds. The normalized spacial score (nSPS) is 19.6. The van der Waals surface area contributed by atoms with Crippen LogP contribution in [0.1, 0.15) is 20.8 Å². The molecule has 0 bridgehead atoms. The molecule has 0 saturated heterocycles. The van der Waals surface area contributed by atoms with Crippen LogP contribution in [-0.4, -0.2) is 18.0 Å². The van der Waals surface area contributed by atoms with Crippen molar-refractivity contribution in [2.24, 2.45) is 0 Å². The first-order valence-electron chi connectivity index (χ1n) is 5.50. The Hall–Kier alpha value is -1.71. The molecule has 3 N–H and O–H groups in total. The van der Waals surface area contributed by atoms with E-state index in [0.717, 1.165) is 11.4 Å². The summed E-state index contributed by atoms with van der Waals surface area (Å²) in [5.41, 5.74) is 8.22. The average molecular weight is 219 g/mol. The highest BCUT2D eigenvalue weighted by Gasteiger charge is 2.31. The molecule has 1 unspecified atom stereocenters. The third-order valence-corrected chi connectivity index (χ3v) is 2.95. The summed E-state index contributed by atoms with van der Waals surface area (Å²) in [6.07, 6.45) is 0. The van der Waals surface area contributed by atoms with E-state index in [4.69, 9.17) is 5.73 Å². The number of rotatable bonds is 1. The fourth-order valence-electron chi connectivity index (χ4n) is 2.20. The van der Waals surface area contributed by atoms with Crippen LogP contribution in [0.25, 0.3) is 0 Å². The lowest BCUT2D eigenvalue weighted by Gasteiger charge is -2.39. The number of fused-ring (bicyclic) bond motifs is 1. The Kier molecular flexibility index (Phi) is 2.50. The van der Waals surface area contributed by atoms with E-state index in [9.17, 15) is 4.79 Å². The van der Waals surface area contributed by atoms with Gasteiger partial charge in [-0.1, -0.05) is 6.07 Å². The molecule has 2 rings (SSSR count). The highest BCUT2D eigenvalue weighted by atomic mass is 16.2. The van der Waals surface area contributed by atoms with Gasteiger partial charge in [-0.25, -0.2) is 0 Å². The van der Waals surface area contributed by atoms with E-state index in [1.165, 1.54) is 0 Å². The van der Waals surface area contributed by atoms with Crippen LogP contribution in [-0.2, 0) is 4.79 Å². The van der Waals surface area contributed by atoms with Crippen LogP contribution in [0.5, 0.6) is 0 Å². The highest BCUT2D eigenvalue weighted by Crippen LogP contribution is 2.37. The number of nitrogen functional groups attached to an aromatic ring is 1. The van der Waals surface area contributed by atoms with E-state index in [2.05, 4.69) is 24.1 Å². The van der Waals surface area contributed by atoms with Crippen LogP contribution in [0.15, 0.2) is 18.2 Å². The van der Waals surface area contributed by atoms with Gasteiger partial charge in [0.2, 0.25) is 5.91 Å². The topological polar surface area (TPSA) is 58.4 Å². The molecule has 1 aliphatic rings. The molecular weight excluding hydrogens is 202 g/mol. The van der Waals surface area contributed by atoms with Crippen molar-refractivity contribution < 1.29 is 4.79 Å². The molecule has 0 spiro atoms. The number of nitrogens with one attached hydrogen (secondary N) is 1. The van der Waals surface area contributed by atoms with Crippen molar-refractivity contribution in [1.82, 2.24) is 0 Å². The Morgan fingerprint density at radius 3 is 2.75 bits per heavy atom. The number of benzene rings is 1. The molecular formula is C12H17N3O. The predicted octanol–water partition coefficient (Wildman–Crippen LogP) is 1.82. The molecule has 1 aromatic carbocycles. The predicted molar refractivity (Wildman–Crippen MR) is 66.6 cm³/mol. The summed E-state index contributed by atoms with van der Waals surface area (Å²) in [7, 11) is 0. The number of amides is 1. The maximum Gasteiger partial charge on any atom is 0.246 e. The molecule has 1 atom stereocenters. The van der Waals surface area contributed by atoms with E-state index >= 15 is 0 Å². The van der Waals surface area contributed by atoms with Gasteiger partial charge in [-0.15, -0.1) is 0 Å². The van der Waals surface area contributed by atoms with Crippen molar-refractivity contribution >= 4 is 23.0 Å². The second-order valence-electron chi connectivity index (χ2n) is 4.41. The summed E-state index contributed by atoms with van der Waals surface area (Å²) >= 11 is 0. The van der Waals surface area contributed by atoms with E-state index in [1.807, 2.05) is 19.1 Å². The smallest absolute Gasteiger partial charge is 0.246 e. The van der Waals surface area contributed by atoms with Crippen LogP contribution in [0.4, 0.5) is 17.1 Å². The molecule has 0 radical (unpaired) electrons. The largest absolute Gasteiger partial charge is 0.397 e. The second-order valence-corrected chi connectivity index (χ2v) is 4.41. The lowest BCUT2D eigenvalue weighted by molar-refractivity contribution is -0.117. The van der Waals surface area contributed by atoms with Gasteiger partial charge in [0, 0.05) is 6.04 Å². The standard InChI is InChI=1S/C12H17N3O/c1-7(2)15-8(3)12(16)14-11-9(13)5-4-6-10(11)15/h4-8H,13H2,1-3H3,(H,14,16). The molecule has 1 aliphatic heterocycles. The van der Waals surface area contributed by atoms with Crippen molar-refractivity contribution in [3.63, 3.8) is 0 Å². The van der Waals surface area contributed by atoms with Crippen LogP contribution in [0.2, 0.25) is 0 Å². The molecule has 1 aromatic rings. The summed E-state index contributed by atoms with van der Waals surface area (Å²) in [6.45, 7) is 6.05. The van der Waals surface area contributed by atoms with Gasteiger partial charge in [0.05, 0.1) is 17.1 Å². The van der Waals surface area contributed by atoms with Gasteiger partial charge in [0.15, 0.2) is 0 Å². The first-order chi connectivity index (χ1) is 7.52. The molecule has 0 aliphatic carbocycles. The van der Waals surface area contributed by atoms with Gasteiger partial charge in [-0.3, -0.25) is 4.79 Å². The van der Waals surface area contributed by atoms with Crippen molar-refractivity contribution in [2.45, 2.75) is 32.9 Å². The Labute approximate surface area is 95.4 Å². The Bertz CT molecular complexity index is 428. The van der Waals surface area contributed by atoms with Crippen molar-refractivity contribution in [2.75, 3.05) is 16.0 Å². The fourth-order valence-corrected chi connectivity index (χ4v) is 2.20. The number of carbonyl (C=O) groups excluding carboxylic acids is 1. The first kappa shape index (κ1) is 10.8. The number of hydrogen-bond acceptors (Lipinski definition) is 3. The molecule has 16 heavy (non-hydrogen) atoms. The average Bonchev–Trinajstić information content (AvgIpc) is 2.21. The highest BCUT2D eigenvalue weighted by molar-refractivity contribution is 6.06. The minimum Gasteiger partial charge on any atom is -0.397 e. The fraction of sp³-hybridized carbons (Fsp3) is 0.417. The van der Waals surface area contributed by atoms with Gasteiger partial charge in [0.1, 0.15) is 6.04 Å². The monoisotopic (exact) mass is 219 g/mol. The van der Waals surface area contributed by atoms with Crippen molar-refractivity contribution in [3.8, 4) is 0 Å². The van der Waals surface area contributed by atoms with Gasteiger partial charge in [0.25, 0.3) is 0 Å². The van der Waals surface area contributed by atoms with Crippen LogP contribution in [0.3, 0.4) is 0 Å². The molecule has 4 nitrogen and oxygen atoms in total. The van der Waals surface area contributed by atoms with Gasteiger partial charge in [-0.05, 0) is 32.9 Å². The molecule has 1 heterocycles. The molecule has 0 saturated carbocycles. The summed E-state index contributed by atoms with van der Waals surface area (Å²) in [5, 5.41) is 2.86. The number of para-hydroxylation sites is 1. The third kappa shape index (κ3) is 1.50. The molecule has 0 aromatic heterocycles. The number of anilines is 3. The zero-order valence-corrected chi connectivity index (χ0v) is 9.82. The quantitative estimate of drug-likeness (QED) is 0.708. The Balaban J connectivity index is 2.56. The maximum atomic E-state index is 11.8. The molecule has 86 valence electrons. The SMILES string of the molecule is CC(C)N1c2cccc(N)c2NC(=O)C1C. The van der Waals surface area contributed by atoms with Crippen LogP contribution >= 0.6 is 0 Å². The second kappa shape index (κ2) is 3.70. The molecule has 0 fully saturated rings. The zero-order valence-electron chi connectivity index (χ0n) is 9.82. The zero-order chi connectivity index (χ0) is 11.9. The Morgan fingerprint density at radius 2 is 2.12 bits per heavy atom. The minimum atomic E-state index is -0.158. The van der Waals surface area contributed by atoms with Crippen molar-refractivity contribution in [1.29, 1.82) is 0 Å². The van der Waals surface area contributed by atoms with E-state index in [0.29, 0.717) is 5.69 Å². The van der Waals surface area contributed by atoms with Gasteiger partial charge >= 0.3 is 0 Å². The lowest BCUT2D eigenvalue weighted by Crippen LogP contribution is -2.49. The summed E-state index contributed by atoms with van der Waals surface area (Å²) in [4.78, 5) is 13.9. The number of nitrogens with two attached hydrogens (primary N) is 1. The Morgan fingerprint density at radius 1 is 1.44 bits per heavy atom. The summed E-state index contributed by atoms with van der Waals surface area (Å²) < 4.78 is 0. The van der Waals surface area contributed by atoms with Crippen molar-refractivity contribution in [3.05, 3.63) is 18.2 Å².